The molecule has 0 aliphatic heterocycles. The maximum Gasteiger partial charge on any atom is 0.251 e. The lowest BCUT2D eigenvalue weighted by Gasteiger charge is -2.09. The van der Waals surface area contributed by atoms with Gasteiger partial charge in [-0.25, -0.2) is 4.98 Å². The smallest absolute Gasteiger partial charge is 0.251 e. The summed E-state index contributed by atoms with van der Waals surface area (Å²) in [5, 5.41) is 2.73. The Morgan fingerprint density at radius 3 is 2.65 bits per heavy atom. The number of hydrogen-bond acceptors (Lipinski definition) is 5. The third kappa shape index (κ3) is 3.09. The Bertz CT molecular complexity index is 607. The van der Waals surface area contributed by atoms with Gasteiger partial charge >= 0.3 is 0 Å². The molecule has 1 N–H and O–H groups in total. The summed E-state index contributed by atoms with van der Waals surface area (Å²) in [6, 6.07) is 4.97. The van der Waals surface area contributed by atoms with Crippen LogP contribution in [0.2, 0.25) is 0 Å². The molecule has 0 aliphatic rings. The standard InChI is InChI=1S/C14H16N2O4/c1-9-7-15-13(20-9)8-16-14(17)10-4-5-11(18-2)12(6-10)19-3/h4-7H,8H2,1-3H3,(H,16,17). The monoisotopic (exact) mass is 276 g/mol. The molecular weight excluding hydrogens is 260 g/mol. The van der Waals surface area contributed by atoms with Crippen molar-refractivity contribution >= 4 is 5.91 Å². The summed E-state index contributed by atoms with van der Waals surface area (Å²) in [6.07, 6.45) is 1.61. The van der Waals surface area contributed by atoms with Crippen molar-refractivity contribution in [2.45, 2.75) is 13.5 Å². The quantitative estimate of drug-likeness (QED) is 0.903. The summed E-state index contributed by atoms with van der Waals surface area (Å²) >= 11 is 0. The SMILES string of the molecule is COc1ccc(C(=O)NCc2ncc(C)o2)cc1OC. The summed E-state index contributed by atoms with van der Waals surface area (Å²) < 4.78 is 15.6. The number of benzene rings is 1. The van der Waals surface area contributed by atoms with E-state index in [0.29, 0.717) is 28.7 Å². The van der Waals surface area contributed by atoms with Gasteiger partial charge in [0.25, 0.3) is 5.91 Å². The van der Waals surface area contributed by atoms with E-state index in [9.17, 15) is 4.79 Å². The summed E-state index contributed by atoms with van der Waals surface area (Å²) in [4.78, 5) is 16.0. The number of oxazole rings is 1. The average Bonchev–Trinajstić information content (AvgIpc) is 2.89. The minimum atomic E-state index is -0.234. The Balaban J connectivity index is 2.05. The van der Waals surface area contributed by atoms with Gasteiger partial charge < -0.3 is 19.2 Å². The van der Waals surface area contributed by atoms with Crippen LogP contribution in [0.4, 0.5) is 0 Å². The number of methoxy groups -OCH3 is 2. The van der Waals surface area contributed by atoms with Gasteiger partial charge in [-0.15, -0.1) is 0 Å². The van der Waals surface area contributed by atoms with E-state index < -0.39 is 0 Å². The van der Waals surface area contributed by atoms with E-state index in [2.05, 4.69) is 10.3 Å². The highest BCUT2D eigenvalue weighted by Gasteiger charge is 2.11. The third-order valence-electron chi connectivity index (χ3n) is 2.72. The van der Waals surface area contributed by atoms with Crippen molar-refractivity contribution in [3.63, 3.8) is 0 Å². The number of carbonyl (C=O) groups excluding carboxylic acids is 1. The molecule has 0 fully saturated rings. The van der Waals surface area contributed by atoms with E-state index in [-0.39, 0.29) is 12.5 Å². The lowest BCUT2D eigenvalue weighted by Crippen LogP contribution is -2.22. The first-order valence-corrected chi connectivity index (χ1v) is 6.05. The Hall–Kier alpha value is -2.50. The van der Waals surface area contributed by atoms with Gasteiger partial charge in [0.05, 0.1) is 27.0 Å². The number of aromatic nitrogens is 1. The molecule has 0 saturated heterocycles. The molecule has 20 heavy (non-hydrogen) atoms. The van der Waals surface area contributed by atoms with Gasteiger partial charge in [0.1, 0.15) is 5.76 Å². The van der Waals surface area contributed by atoms with Crippen LogP contribution >= 0.6 is 0 Å². The molecular formula is C14H16N2O4. The Morgan fingerprint density at radius 2 is 2.05 bits per heavy atom. The second-order valence-electron chi connectivity index (χ2n) is 4.12. The largest absolute Gasteiger partial charge is 0.493 e. The van der Waals surface area contributed by atoms with Crippen molar-refractivity contribution in [3.05, 3.63) is 41.6 Å². The zero-order chi connectivity index (χ0) is 14.5. The fourth-order valence-corrected chi connectivity index (χ4v) is 1.72. The Morgan fingerprint density at radius 1 is 1.30 bits per heavy atom. The molecule has 0 unspecified atom stereocenters. The fraction of sp³-hybridized carbons (Fsp3) is 0.286. The van der Waals surface area contributed by atoms with Gasteiger partial charge in [-0.1, -0.05) is 0 Å². The van der Waals surface area contributed by atoms with Crippen LogP contribution in [0.3, 0.4) is 0 Å². The van der Waals surface area contributed by atoms with Crippen LogP contribution in [0.15, 0.2) is 28.8 Å². The molecule has 6 nitrogen and oxygen atoms in total. The third-order valence-corrected chi connectivity index (χ3v) is 2.72. The predicted octanol–water partition coefficient (Wildman–Crippen LogP) is 1.93. The highest BCUT2D eigenvalue weighted by atomic mass is 16.5. The molecule has 0 aliphatic carbocycles. The fourth-order valence-electron chi connectivity index (χ4n) is 1.72. The van der Waals surface area contributed by atoms with Crippen molar-refractivity contribution in [3.8, 4) is 11.5 Å². The van der Waals surface area contributed by atoms with Gasteiger partial charge in [-0.3, -0.25) is 4.79 Å². The second-order valence-corrected chi connectivity index (χ2v) is 4.12. The Kier molecular flexibility index (Phi) is 4.24. The number of amides is 1. The first-order chi connectivity index (χ1) is 9.63. The van der Waals surface area contributed by atoms with Crippen molar-refractivity contribution in [1.29, 1.82) is 0 Å². The minimum Gasteiger partial charge on any atom is -0.493 e. The molecule has 0 radical (unpaired) electrons. The summed E-state index contributed by atoms with van der Waals surface area (Å²) in [5.74, 6) is 2.03. The number of nitrogens with zero attached hydrogens (tertiary/aromatic N) is 1. The van der Waals surface area contributed by atoms with Crippen LogP contribution in [0.25, 0.3) is 0 Å². The van der Waals surface area contributed by atoms with Gasteiger partial charge in [-0.05, 0) is 25.1 Å². The molecule has 0 saturated carbocycles. The molecule has 1 amide bonds. The number of hydrogen-bond donors (Lipinski definition) is 1. The van der Waals surface area contributed by atoms with E-state index >= 15 is 0 Å². The molecule has 0 bridgehead atoms. The van der Waals surface area contributed by atoms with E-state index in [4.69, 9.17) is 13.9 Å². The summed E-state index contributed by atoms with van der Waals surface area (Å²) in [6.45, 7) is 2.04. The van der Waals surface area contributed by atoms with Gasteiger partial charge in [0.15, 0.2) is 11.5 Å². The first kappa shape index (κ1) is 13.9. The molecule has 1 heterocycles. The van der Waals surface area contributed by atoms with E-state index in [1.807, 2.05) is 0 Å². The number of aryl methyl sites for hydroxylation is 1. The van der Waals surface area contributed by atoms with E-state index in [1.54, 1.807) is 38.4 Å². The summed E-state index contributed by atoms with van der Waals surface area (Å²) in [5.41, 5.74) is 0.478. The normalized spacial score (nSPS) is 10.2. The van der Waals surface area contributed by atoms with Gasteiger partial charge in [0, 0.05) is 5.56 Å². The van der Waals surface area contributed by atoms with Crippen LogP contribution in [0.5, 0.6) is 11.5 Å². The number of rotatable bonds is 5. The molecule has 2 rings (SSSR count). The molecule has 6 heteroatoms. The first-order valence-electron chi connectivity index (χ1n) is 6.05. The van der Waals surface area contributed by atoms with Crippen molar-refractivity contribution in [2.75, 3.05) is 14.2 Å². The lowest BCUT2D eigenvalue weighted by molar-refractivity contribution is 0.0946. The molecule has 1 aromatic carbocycles. The number of ether oxygens (including phenoxy) is 2. The highest BCUT2D eigenvalue weighted by molar-refractivity contribution is 5.94. The predicted molar refractivity (Wildman–Crippen MR) is 72.0 cm³/mol. The van der Waals surface area contributed by atoms with Crippen molar-refractivity contribution in [2.24, 2.45) is 0 Å². The topological polar surface area (TPSA) is 73.6 Å². The van der Waals surface area contributed by atoms with Crippen LogP contribution in [-0.4, -0.2) is 25.1 Å². The maximum absolute atomic E-state index is 12.0. The van der Waals surface area contributed by atoms with Crippen LogP contribution < -0.4 is 14.8 Å². The number of nitrogens with one attached hydrogen (secondary N) is 1. The number of carbonyl (C=O) groups is 1. The van der Waals surface area contributed by atoms with Gasteiger partial charge in [0.2, 0.25) is 5.89 Å². The zero-order valence-electron chi connectivity index (χ0n) is 11.6. The molecule has 0 spiro atoms. The molecule has 0 atom stereocenters. The molecule has 1 aromatic heterocycles. The average molecular weight is 276 g/mol. The van der Waals surface area contributed by atoms with Crippen molar-refractivity contribution in [1.82, 2.24) is 10.3 Å². The van der Waals surface area contributed by atoms with Gasteiger partial charge in [-0.2, -0.15) is 0 Å². The van der Waals surface area contributed by atoms with Crippen LogP contribution in [0, 0.1) is 6.92 Å². The van der Waals surface area contributed by atoms with Crippen LogP contribution in [-0.2, 0) is 6.54 Å². The molecule has 2 aromatic rings. The van der Waals surface area contributed by atoms with Crippen LogP contribution in [0.1, 0.15) is 22.0 Å². The summed E-state index contributed by atoms with van der Waals surface area (Å²) in [7, 11) is 3.07. The maximum atomic E-state index is 12.0. The zero-order valence-corrected chi connectivity index (χ0v) is 11.6. The second kappa shape index (κ2) is 6.10. The van der Waals surface area contributed by atoms with E-state index in [1.165, 1.54) is 7.11 Å². The lowest BCUT2D eigenvalue weighted by atomic mass is 10.2. The highest BCUT2D eigenvalue weighted by Crippen LogP contribution is 2.27. The van der Waals surface area contributed by atoms with Crippen molar-refractivity contribution < 1.29 is 18.7 Å². The Labute approximate surface area is 116 Å². The molecule has 106 valence electrons. The van der Waals surface area contributed by atoms with E-state index in [0.717, 1.165) is 0 Å². The minimum absolute atomic E-state index is 0.234.